The Morgan fingerprint density at radius 3 is 2.86 bits per heavy atom. The van der Waals surface area contributed by atoms with E-state index in [9.17, 15) is 9.18 Å². The highest BCUT2D eigenvalue weighted by Crippen LogP contribution is 2.15. The number of carbonyl (C=O) groups excluding carboxylic acids is 1. The molecule has 0 aliphatic carbocycles. The van der Waals surface area contributed by atoms with Crippen LogP contribution in [0.2, 0.25) is 0 Å². The number of benzene rings is 1. The second kappa shape index (κ2) is 7.02. The minimum absolute atomic E-state index is 0.276. The summed E-state index contributed by atoms with van der Waals surface area (Å²) in [7, 11) is 0. The molecule has 0 spiro atoms. The Morgan fingerprint density at radius 1 is 1.38 bits per heavy atom. The molecule has 2 rings (SSSR count). The Balaban J connectivity index is 2.29. The zero-order valence-corrected chi connectivity index (χ0v) is 12.3. The van der Waals surface area contributed by atoms with E-state index in [1.807, 2.05) is 13.0 Å². The average molecular weight is 290 g/mol. The van der Waals surface area contributed by atoms with Gasteiger partial charge in [-0.15, -0.1) is 0 Å². The lowest BCUT2D eigenvalue weighted by molar-refractivity contribution is 0.0525. The summed E-state index contributed by atoms with van der Waals surface area (Å²) in [5, 5.41) is 4.26. The summed E-state index contributed by atoms with van der Waals surface area (Å²) in [6, 6.07) is 6.38. The fourth-order valence-electron chi connectivity index (χ4n) is 2.24. The Kier molecular flexibility index (Phi) is 5.09. The van der Waals surface area contributed by atoms with Crippen LogP contribution in [0.3, 0.4) is 0 Å². The minimum Gasteiger partial charge on any atom is -0.462 e. The summed E-state index contributed by atoms with van der Waals surface area (Å²) in [6.07, 6.45) is 3.15. The van der Waals surface area contributed by atoms with E-state index in [2.05, 4.69) is 5.10 Å². The molecule has 0 bridgehead atoms. The largest absolute Gasteiger partial charge is 0.462 e. The molecule has 0 atom stereocenters. The van der Waals surface area contributed by atoms with Gasteiger partial charge in [-0.25, -0.2) is 9.18 Å². The van der Waals surface area contributed by atoms with Crippen LogP contribution >= 0.6 is 0 Å². The molecule has 0 amide bonds. The molecule has 0 aliphatic heterocycles. The van der Waals surface area contributed by atoms with Crippen LogP contribution in [0.25, 0.3) is 0 Å². The summed E-state index contributed by atoms with van der Waals surface area (Å²) in [6.45, 7) is 4.58. The van der Waals surface area contributed by atoms with Gasteiger partial charge in [0, 0.05) is 0 Å². The van der Waals surface area contributed by atoms with Gasteiger partial charge in [-0.05, 0) is 31.0 Å². The molecule has 0 radical (unpaired) electrons. The third-order valence-corrected chi connectivity index (χ3v) is 3.15. The zero-order valence-electron chi connectivity index (χ0n) is 12.3. The predicted octanol–water partition coefficient (Wildman–Crippen LogP) is 3.20. The normalized spacial score (nSPS) is 10.6. The van der Waals surface area contributed by atoms with Crippen LogP contribution in [0.1, 0.15) is 41.9 Å². The van der Waals surface area contributed by atoms with Crippen LogP contribution < -0.4 is 0 Å². The number of hydrogen-bond donors (Lipinski definition) is 0. The number of aromatic nitrogens is 2. The number of nitrogens with zero attached hydrogens (tertiary/aromatic N) is 2. The van der Waals surface area contributed by atoms with E-state index in [-0.39, 0.29) is 11.8 Å². The first-order valence-corrected chi connectivity index (χ1v) is 7.12. The van der Waals surface area contributed by atoms with E-state index in [0.29, 0.717) is 18.7 Å². The van der Waals surface area contributed by atoms with Crippen LogP contribution in [-0.4, -0.2) is 22.4 Å². The molecule has 0 fully saturated rings. The van der Waals surface area contributed by atoms with E-state index in [4.69, 9.17) is 4.74 Å². The molecule has 0 saturated heterocycles. The molecule has 0 aliphatic rings. The lowest BCUT2D eigenvalue weighted by Gasteiger charge is -2.09. The Bertz CT molecular complexity index is 622. The first-order valence-electron chi connectivity index (χ1n) is 7.12. The van der Waals surface area contributed by atoms with Gasteiger partial charge in [0.2, 0.25) is 0 Å². The minimum atomic E-state index is -0.355. The van der Waals surface area contributed by atoms with E-state index >= 15 is 0 Å². The number of carbonyl (C=O) groups is 1. The highest BCUT2D eigenvalue weighted by molar-refractivity contribution is 5.90. The van der Waals surface area contributed by atoms with Crippen molar-refractivity contribution in [3.8, 4) is 0 Å². The van der Waals surface area contributed by atoms with Crippen molar-refractivity contribution in [1.29, 1.82) is 0 Å². The molecule has 4 nitrogen and oxygen atoms in total. The molecule has 0 unspecified atom stereocenters. The van der Waals surface area contributed by atoms with Gasteiger partial charge in [0.1, 0.15) is 11.4 Å². The molecule has 1 heterocycles. The van der Waals surface area contributed by atoms with Crippen LogP contribution in [0.5, 0.6) is 0 Å². The molecule has 5 heteroatoms. The highest BCUT2D eigenvalue weighted by atomic mass is 19.1. The van der Waals surface area contributed by atoms with E-state index in [1.165, 1.54) is 18.3 Å². The lowest BCUT2D eigenvalue weighted by Crippen LogP contribution is -2.11. The van der Waals surface area contributed by atoms with Gasteiger partial charge in [-0.2, -0.15) is 5.10 Å². The zero-order chi connectivity index (χ0) is 15.2. The van der Waals surface area contributed by atoms with Crippen LogP contribution in [-0.2, 0) is 17.7 Å². The third-order valence-electron chi connectivity index (χ3n) is 3.15. The van der Waals surface area contributed by atoms with Crippen molar-refractivity contribution in [2.24, 2.45) is 0 Å². The fraction of sp³-hybridized carbons (Fsp3) is 0.375. The second-order valence-corrected chi connectivity index (χ2v) is 4.76. The molecular weight excluding hydrogens is 271 g/mol. The Morgan fingerprint density at radius 2 is 2.19 bits per heavy atom. The SMILES string of the molecule is CCCc1c(C(=O)OCC)cnn1Cc1cccc(F)c1. The van der Waals surface area contributed by atoms with E-state index < -0.39 is 0 Å². The fourth-order valence-corrected chi connectivity index (χ4v) is 2.24. The van der Waals surface area contributed by atoms with Gasteiger partial charge in [0.25, 0.3) is 0 Å². The van der Waals surface area contributed by atoms with Gasteiger partial charge in [-0.3, -0.25) is 4.68 Å². The average Bonchev–Trinajstić information content (AvgIpc) is 2.83. The second-order valence-electron chi connectivity index (χ2n) is 4.76. The molecule has 1 aromatic heterocycles. The van der Waals surface area contributed by atoms with E-state index in [0.717, 1.165) is 24.1 Å². The lowest BCUT2D eigenvalue weighted by atomic mass is 10.1. The molecule has 2 aromatic rings. The first kappa shape index (κ1) is 15.2. The quantitative estimate of drug-likeness (QED) is 0.767. The Labute approximate surface area is 123 Å². The van der Waals surface area contributed by atoms with Crippen molar-refractivity contribution in [1.82, 2.24) is 9.78 Å². The number of hydrogen-bond acceptors (Lipinski definition) is 3. The van der Waals surface area contributed by atoms with Crippen molar-refractivity contribution in [3.05, 3.63) is 53.1 Å². The summed E-state index contributed by atoms with van der Waals surface area (Å²) in [5.41, 5.74) is 2.14. The number of esters is 1. The van der Waals surface area contributed by atoms with Crippen molar-refractivity contribution in [2.75, 3.05) is 6.61 Å². The number of rotatable bonds is 6. The maximum Gasteiger partial charge on any atom is 0.341 e. The molecular formula is C16H19FN2O2. The monoisotopic (exact) mass is 290 g/mol. The van der Waals surface area contributed by atoms with Gasteiger partial charge in [-0.1, -0.05) is 25.5 Å². The summed E-state index contributed by atoms with van der Waals surface area (Å²) >= 11 is 0. The van der Waals surface area contributed by atoms with Crippen LogP contribution in [0.15, 0.2) is 30.5 Å². The molecule has 0 N–H and O–H groups in total. The summed E-state index contributed by atoms with van der Waals surface area (Å²) < 4.78 is 20.0. The van der Waals surface area contributed by atoms with Crippen molar-refractivity contribution < 1.29 is 13.9 Å². The predicted molar refractivity (Wildman–Crippen MR) is 77.7 cm³/mol. The maximum atomic E-state index is 13.2. The first-order chi connectivity index (χ1) is 10.2. The molecule has 21 heavy (non-hydrogen) atoms. The topological polar surface area (TPSA) is 44.1 Å². The van der Waals surface area contributed by atoms with E-state index in [1.54, 1.807) is 17.7 Å². The molecule has 0 saturated carbocycles. The van der Waals surface area contributed by atoms with Crippen molar-refractivity contribution in [2.45, 2.75) is 33.2 Å². The van der Waals surface area contributed by atoms with Gasteiger partial charge in [0.15, 0.2) is 0 Å². The summed E-state index contributed by atoms with van der Waals surface area (Å²) in [4.78, 5) is 11.9. The highest BCUT2D eigenvalue weighted by Gasteiger charge is 2.18. The van der Waals surface area contributed by atoms with Crippen molar-refractivity contribution in [3.63, 3.8) is 0 Å². The third kappa shape index (κ3) is 3.68. The molecule has 112 valence electrons. The number of halogens is 1. The standard InChI is InChI=1S/C16H19FN2O2/c1-3-6-15-14(16(20)21-4-2)10-18-19(15)11-12-7-5-8-13(17)9-12/h5,7-10H,3-4,6,11H2,1-2H3. The van der Waals surface area contributed by atoms with Crippen LogP contribution in [0, 0.1) is 5.82 Å². The molecule has 1 aromatic carbocycles. The summed E-state index contributed by atoms with van der Waals surface area (Å²) in [5.74, 6) is -0.631. The van der Waals surface area contributed by atoms with Gasteiger partial charge < -0.3 is 4.74 Å². The van der Waals surface area contributed by atoms with Gasteiger partial charge >= 0.3 is 5.97 Å². The van der Waals surface area contributed by atoms with Crippen LogP contribution in [0.4, 0.5) is 4.39 Å². The maximum absolute atomic E-state index is 13.2. The van der Waals surface area contributed by atoms with Crippen molar-refractivity contribution >= 4 is 5.97 Å². The van der Waals surface area contributed by atoms with Gasteiger partial charge in [0.05, 0.1) is 25.0 Å². The Hall–Kier alpha value is -2.17. The smallest absolute Gasteiger partial charge is 0.341 e. The number of ether oxygens (including phenoxy) is 1.